The number of allylic oxidation sites excluding steroid dienone is 2. The molecule has 2 aromatic carbocycles. The summed E-state index contributed by atoms with van der Waals surface area (Å²) in [5, 5.41) is 15.1. The summed E-state index contributed by atoms with van der Waals surface area (Å²) in [5.41, 5.74) is 1.62. The first kappa shape index (κ1) is 30.1. The Bertz CT molecular complexity index is 1830. The Morgan fingerprint density at radius 2 is 1.83 bits per heavy atom. The van der Waals surface area contributed by atoms with E-state index in [4.69, 9.17) is 4.74 Å². The van der Waals surface area contributed by atoms with E-state index < -0.39 is 35.8 Å². The molecule has 5 amide bonds. The summed E-state index contributed by atoms with van der Waals surface area (Å²) in [6, 6.07) is 15.9. The number of fused-ring (bicyclic) bond motifs is 1. The highest BCUT2D eigenvalue weighted by atomic mass is 16.5. The van der Waals surface area contributed by atoms with Gasteiger partial charge in [0, 0.05) is 37.2 Å². The lowest BCUT2D eigenvalue weighted by molar-refractivity contribution is -0.136. The van der Waals surface area contributed by atoms with Crippen LogP contribution in [0.4, 0.5) is 16.3 Å². The van der Waals surface area contributed by atoms with Crippen LogP contribution in [-0.4, -0.2) is 62.8 Å². The lowest BCUT2D eigenvalue weighted by Gasteiger charge is -2.27. The van der Waals surface area contributed by atoms with Crippen molar-refractivity contribution in [1.82, 2.24) is 15.2 Å². The van der Waals surface area contributed by atoms with Gasteiger partial charge in [0.15, 0.2) is 11.6 Å². The number of carbonyl (C=O) groups is 6. The second-order valence-corrected chi connectivity index (χ2v) is 11.0. The molecule has 232 valence electrons. The molecule has 2 aliphatic heterocycles. The summed E-state index contributed by atoms with van der Waals surface area (Å²) in [6.45, 7) is -0.182. The maximum absolute atomic E-state index is 13.2. The number of aliphatic hydroxyl groups excluding tert-OH is 1. The summed E-state index contributed by atoms with van der Waals surface area (Å²) < 4.78 is 5.27. The van der Waals surface area contributed by atoms with Crippen LogP contribution >= 0.6 is 0 Å². The number of aromatic nitrogens is 1. The second kappa shape index (κ2) is 12.6. The third-order valence-corrected chi connectivity index (χ3v) is 7.96. The smallest absolute Gasteiger partial charge is 0.411 e. The van der Waals surface area contributed by atoms with Crippen LogP contribution in [0.15, 0.2) is 83.2 Å². The van der Waals surface area contributed by atoms with Gasteiger partial charge >= 0.3 is 6.09 Å². The number of Topliss-reactive ketones (excluding diaryl/α,β-unsaturated/α-hetero) is 1. The van der Waals surface area contributed by atoms with E-state index >= 15 is 0 Å². The van der Waals surface area contributed by atoms with E-state index in [2.05, 4.69) is 20.6 Å². The molecule has 3 aliphatic rings. The molecule has 2 atom stereocenters. The van der Waals surface area contributed by atoms with Gasteiger partial charge in [-0.2, -0.15) is 0 Å². The molecule has 3 aromatic rings. The molecule has 0 spiro atoms. The number of aliphatic imine (C=N–C) groups is 1. The highest BCUT2D eigenvalue weighted by Crippen LogP contribution is 2.34. The van der Waals surface area contributed by atoms with Crippen molar-refractivity contribution in [1.29, 1.82) is 0 Å². The summed E-state index contributed by atoms with van der Waals surface area (Å²) in [5.74, 6) is -2.74. The molecule has 13 heteroatoms. The first-order valence-corrected chi connectivity index (χ1v) is 14.5. The van der Waals surface area contributed by atoms with Crippen molar-refractivity contribution in [3.8, 4) is 0 Å². The summed E-state index contributed by atoms with van der Waals surface area (Å²) in [4.78, 5) is 84.6. The standard InChI is InChI=1S/C33H27N5O8/c39-25-13-20(19-5-2-1-3-6-19)14-26(40)22(25)16-35-27-11-9-18(15-34-27)17-46-33(45)36-23-8-4-7-21-29(23)32(44)38(31(21)43)24-10-12-28(41)37-30(24)42/h1-9,11,15-16,20,24,39H,10,12-14,17H2,(H,36,45)(H,37,41,42). The van der Waals surface area contributed by atoms with E-state index in [-0.39, 0.29) is 71.5 Å². The quantitative estimate of drug-likeness (QED) is 0.260. The normalized spacial score (nSPS) is 19.8. The van der Waals surface area contributed by atoms with Crippen molar-refractivity contribution in [3.05, 3.63) is 100 Å². The summed E-state index contributed by atoms with van der Waals surface area (Å²) in [6.07, 6.45) is 2.42. The van der Waals surface area contributed by atoms with Gasteiger partial charge in [0.05, 0.1) is 22.4 Å². The van der Waals surface area contributed by atoms with Crippen molar-refractivity contribution >= 4 is 53.2 Å². The van der Waals surface area contributed by atoms with Crippen LogP contribution in [-0.2, 0) is 25.7 Å². The number of benzene rings is 2. The SMILES string of the molecule is O=C1CCC(N2C(=O)c3cccc(NC(=O)OCc4ccc(N=CC5=C(O)CC(c6ccccc6)CC5=O)nc4)c3C2=O)C(=O)N1. The fraction of sp³-hybridized carbons (Fsp3) is 0.212. The lowest BCUT2D eigenvalue weighted by Crippen LogP contribution is -2.54. The first-order valence-electron chi connectivity index (χ1n) is 14.5. The van der Waals surface area contributed by atoms with E-state index in [0.717, 1.165) is 10.5 Å². The maximum Gasteiger partial charge on any atom is 0.411 e. The number of amides is 5. The number of piperidine rings is 1. The van der Waals surface area contributed by atoms with Gasteiger partial charge in [0.2, 0.25) is 11.8 Å². The Morgan fingerprint density at radius 3 is 2.54 bits per heavy atom. The van der Waals surface area contributed by atoms with Crippen molar-refractivity contribution in [3.63, 3.8) is 0 Å². The predicted molar refractivity (Wildman–Crippen MR) is 162 cm³/mol. The third kappa shape index (κ3) is 6.02. The summed E-state index contributed by atoms with van der Waals surface area (Å²) >= 11 is 0. The molecular weight excluding hydrogens is 594 g/mol. The van der Waals surface area contributed by atoms with Gasteiger partial charge in [-0.1, -0.05) is 42.5 Å². The van der Waals surface area contributed by atoms with Gasteiger partial charge in [-0.05, 0) is 36.1 Å². The van der Waals surface area contributed by atoms with Crippen molar-refractivity contribution in [2.45, 2.75) is 44.2 Å². The molecule has 46 heavy (non-hydrogen) atoms. The van der Waals surface area contributed by atoms with Crippen molar-refractivity contribution in [2.75, 3.05) is 5.32 Å². The molecule has 6 rings (SSSR count). The van der Waals surface area contributed by atoms with Gasteiger partial charge < -0.3 is 9.84 Å². The number of anilines is 1. The molecular formula is C33H27N5O8. The molecule has 1 aliphatic carbocycles. The fourth-order valence-electron chi connectivity index (χ4n) is 5.64. The average molecular weight is 622 g/mol. The second-order valence-electron chi connectivity index (χ2n) is 11.0. The molecule has 0 radical (unpaired) electrons. The van der Waals surface area contributed by atoms with Gasteiger partial charge in [0.25, 0.3) is 11.8 Å². The highest BCUT2D eigenvalue weighted by molar-refractivity contribution is 6.26. The Hall–Kier alpha value is -5.98. The van der Waals surface area contributed by atoms with Crippen LogP contribution in [0.2, 0.25) is 0 Å². The number of carbonyl (C=O) groups excluding carboxylic acids is 6. The van der Waals surface area contributed by atoms with Crippen LogP contribution in [0.25, 0.3) is 0 Å². The van der Waals surface area contributed by atoms with Gasteiger partial charge in [-0.15, -0.1) is 0 Å². The Kier molecular flexibility index (Phi) is 8.21. The number of ketones is 1. The number of imide groups is 2. The molecule has 1 fully saturated rings. The van der Waals surface area contributed by atoms with E-state index in [1.165, 1.54) is 30.6 Å². The molecule has 3 N–H and O–H groups in total. The molecule has 3 heterocycles. The topological polar surface area (TPSA) is 184 Å². The van der Waals surface area contributed by atoms with Crippen LogP contribution in [0.1, 0.15) is 63.4 Å². The molecule has 0 bridgehead atoms. The number of rotatable bonds is 7. The zero-order valence-electron chi connectivity index (χ0n) is 24.3. The van der Waals surface area contributed by atoms with Crippen LogP contribution in [0, 0.1) is 0 Å². The molecule has 0 saturated carbocycles. The first-order chi connectivity index (χ1) is 22.2. The van der Waals surface area contributed by atoms with Crippen LogP contribution in [0.5, 0.6) is 0 Å². The van der Waals surface area contributed by atoms with E-state index in [1.54, 1.807) is 12.1 Å². The number of pyridine rings is 1. The van der Waals surface area contributed by atoms with E-state index in [0.29, 0.717) is 12.0 Å². The zero-order valence-corrected chi connectivity index (χ0v) is 24.3. The number of nitrogens with zero attached hydrogens (tertiary/aromatic N) is 3. The minimum atomic E-state index is -1.14. The number of aliphatic hydroxyl groups is 1. The molecule has 2 unspecified atom stereocenters. The minimum Gasteiger partial charge on any atom is -0.511 e. The number of hydrogen-bond acceptors (Lipinski definition) is 10. The Balaban J connectivity index is 1.05. The number of nitrogens with one attached hydrogen (secondary N) is 2. The van der Waals surface area contributed by atoms with Gasteiger partial charge in [0.1, 0.15) is 18.4 Å². The number of ether oxygens (including phenoxy) is 1. The van der Waals surface area contributed by atoms with E-state index in [9.17, 15) is 33.9 Å². The van der Waals surface area contributed by atoms with Crippen molar-refractivity contribution in [2.24, 2.45) is 4.99 Å². The van der Waals surface area contributed by atoms with Gasteiger partial charge in [-0.3, -0.25) is 39.5 Å². The third-order valence-electron chi connectivity index (χ3n) is 7.96. The van der Waals surface area contributed by atoms with Crippen LogP contribution in [0.3, 0.4) is 0 Å². The zero-order chi connectivity index (χ0) is 32.4. The van der Waals surface area contributed by atoms with Crippen molar-refractivity contribution < 1.29 is 38.6 Å². The monoisotopic (exact) mass is 621 g/mol. The largest absolute Gasteiger partial charge is 0.511 e. The average Bonchev–Trinajstić information content (AvgIpc) is 3.30. The maximum atomic E-state index is 13.2. The Labute approximate surface area is 262 Å². The molecule has 13 nitrogen and oxygen atoms in total. The van der Waals surface area contributed by atoms with Crippen LogP contribution < -0.4 is 10.6 Å². The minimum absolute atomic E-state index is 0.00666. The highest BCUT2D eigenvalue weighted by Gasteiger charge is 2.45. The van der Waals surface area contributed by atoms with Gasteiger partial charge in [-0.25, -0.2) is 14.8 Å². The Morgan fingerprint density at radius 1 is 1.02 bits per heavy atom. The number of hydrogen-bond donors (Lipinski definition) is 3. The predicted octanol–water partition coefficient (Wildman–Crippen LogP) is 3.89. The molecule has 1 saturated heterocycles. The molecule has 1 aromatic heterocycles. The summed E-state index contributed by atoms with van der Waals surface area (Å²) in [7, 11) is 0. The lowest BCUT2D eigenvalue weighted by atomic mass is 9.83. The fourth-order valence-corrected chi connectivity index (χ4v) is 5.64. The van der Waals surface area contributed by atoms with E-state index in [1.807, 2.05) is 30.3 Å².